The second-order valence-corrected chi connectivity index (χ2v) is 8.87. The highest BCUT2D eigenvalue weighted by Gasteiger charge is 2.46. The quantitative estimate of drug-likeness (QED) is 0.359. The maximum absolute atomic E-state index is 13.1. The molecule has 34 heavy (non-hydrogen) atoms. The van der Waals surface area contributed by atoms with Crippen LogP contribution >= 0.6 is 0 Å². The van der Waals surface area contributed by atoms with E-state index in [-0.39, 0.29) is 18.1 Å². The average molecular weight is 500 g/mol. The van der Waals surface area contributed by atoms with Crippen molar-refractivity contribution in [1.82, 2.24) is 5.16 Å². The molecule has 13 heteroatoms. The minimum atomic E-state index is -5.71. The Balaban J connectivity index is 2.17. The Bertz CT molecular complexity index is 1300. The van der Waals surface area contributed by atoms with Gasteiger partial charge in [-0.2, -0.15) is 21.6 Å². The number of aromatic nitrogens is 1. The number of fused-ring (bicyclic) bond motifs is 1. The zero-order valence-corrected chi connectivity index (χ0v) is 19.8. The molecule has 0 aliphatic rings. The van der Waals surface area contributed by atoms with Crippen LogP contribution in [0.25, 0.3) is 11.0 Å². The van der Waals surface area contributed by atoms with Crippen LogP contribution in [-0.2, 0) is 10.0 Å². The molecule has 0 fully saturated rings. The van der Waals surface area contributed by atoms with Gasteiger partial charge in [0, 0.05) is 19.2 Å². The highest BCUT2D eigenvalue weighted by atomic mass is 32.2. The third-order valence-corrected chi connectivity index (χ3v) is 5.99. The number of hydrogen-bond donors (Lipinski definition) is 1. The summed E-state index contributed by atoms with van der Waals surface area (Å²) in [5.74, 6) is 0.407. The molecule has 184 valence electrons. The van der Waals surface area contributed by atoms with Crippen LogP contribution in [0.5, 0.6) is 5.75 Å². The largest absolute Gasteiger partial charge is 0.516 e. The molecule has 0 radical (unpaired) electrons. The number of hydrogen-bond acceptors (Lipinski definition) is 8. The SMILES string of the molecule is CCOc1cc(N=Nc2noc3ccc(C)cc23)c(NS(=O)(=O)C(F)(F)F)cc1N(CC)CC. The van der Waals surface area contributed by atoms with Gasteiger partial charge < -0.3 is 14.2 Å². The highest BCUT2D eigenvalue weighted by molar-refractivity contribution is 7.93. The van der Waals surface area contributed by atoms with E-state index in [2.05, 4.69) is 15.4 Å². The van der Waals surface area contributed by atoms with E-state index < -0.39 is 21.2 Å². The van der Waals surface area contributed by atoms with Gasteiger partial charge >= 0.3 is 15.5 Å². The van der Waals surface area contributed by atoms with Crippen LogP contribution in [-0.4, -0.2) is 38.8 Å². The molecule has 3 rings (SSSR count). The van der Waals surface area contributed by atoms with E-state index in [1.807, 2.05) is 31.7 Å². The molecular formula is C21H24F3N5O4S. The van der Waals surface area contributed by atoms with Crippen molar-refractivity contribution >= 4 is 43.9 Å². The van der Waals surface area contributed by atoms with Crippen molar-refractivity contribution in [3.63, 3.8) is 0 Å². The summed E-state index contributed by atoms with van der Waals surface area (Å²) in [4.78, 5) is 1.81. The molecule has 0 amide bonds. The number of nitrogens with zero attached hydrogens (tertiary/aromatic N) is 4. The van der Waals surface area contributed by atoms with Gasteiger partial charge in [-0.15, -0.1) is 10.2 Å². The third kappa shape index (κ3) is 5.24. The zero-order valence-electron chi connectivity index (χ0n) is 19.0. The van der Waals surface area contributed by atoms with Crippen molar-refractivity contribution in [1.29, 1.82) is 0 Å². The molecule has 9 nitrogen and oxygen atoms in total. The number of alkyl halides is 3. The minimum Gasteiger partial charge on any atom is -0.492 e. The lowest BCUT2D eigenvalue weighted by molar-refractivity contribution is -0.0429. The summed E-state index contributed by atoms with van der Waals surface area (Å²) < 4.78 is 75.5. The second kappa shape index (κ2) is 9.87. The number of ether oxygens (including phenoxy) is 1. The minimum absolute atomic E-state index is 0.0918. The van der Waals surface area contributed by atoms with E-state index in [4.69, 9.17) is 9.26 Å². The van der Waals surface area contributed by atoms with Crippen molar-refractivity contribution < 1.29 is 30.8 Å². The normalized spacial score (nSPS) is 12.4. The van der Waals surface area contributed by atoms with Gasteiger partial charge in [0.15, 0.2) is 5.58 Å². The second-order valence-electron chi connectivity index (χ2n) is 7.20. The van der Waals surface area contributed by atoms with E-state index >= 15 is 0 Å². The van der Waals surface area contributed by atoms with E-state index in [1.165, 1.54) is 12.1 Å². The molecule has 0 spiro atoms. The molecule has 0 saturated heterocycles. The van der Waals surface area contributed by atoms with Crippen LogP contribution in [0, 0.1) is 6.92 Å². The van der Waals surface area contributed by atoms with E-state index in [9.17, 15) is 21.6 Å². The van der Waals surface area contributed by atoms with Crippen LogP contribution in [0.2, 0.25) is 0 Å². The predicted molar refractivity (Wildman–Crippen MR) is 123 cm³/mol. The summed E-state index contributed by atoms with van der Waals surface area (Å²) in [7, 11) is -5.71. The lowest BCUT2D eigenvalue weighted by Crippen LogP contribution is -2.30. The van der Waals surface area contributed by atoms with Crippen molar-refractivity contribution in [2.75, 3.05) is 29.3 Å². The summed E-state index contributed by atoms with van der Waals surface area (Å²) in [6, 6.07) is 7.87. The summed E-state index contributed by atoms with van der Waals surface area (Å²) in [6.07, 6.45) is 0. The Morgan fingerprint density at radius 3 is 2.44 bits per heavy atom. The number of rotatable bonds is 9. The fraction of sp³-hybridized carbons (Fsp3) is 0.381. The number of aryl methyl sites for hydroxylation is 1. The Labute approximate surface area is 194 Å². The Morgan fingerprint density at radius 1 is 1.12 bits per heavy atom. The predicted octanol–water partition coefficient (Wildman–Crippen LogP) is 6.06. The van der Waals surface area contributed by atoms with Crippen LogP contribution in [0.1, 0.15) is 26.3 Å². The Morgan fingerprint density at radius 2 is 1.82 bits per heavy atom. The van der Waals surface area contributed by atoms with Gasteiger partial charge in [0.25, 0.3) is 0 Å². The zero-order chi connectivity index (χ0) is 25.1. The van der Waals surface area contributed by atoms with Crippen LogP contribution in [0.15, 0.2) is 45.1 Å². The van der Waals surface area contributed by atoms with Gasteiger partial charge in [-0.05, 0) is 45.9 Å². The molecule has 1 aromatic heterocycles. The van der Waals surface area contributed by atoms with Gasteiger partial charge in [0.1, 0.15) is 11.4 Å². The van der Waals surface area contributed by atoms with Crippen LogP contribution in [0.3, 0.4) is 0 Å². The fourth-order valence-corrected chi connectivity index (χ4v) is 3.79. The van der Waals surface area contributed by atoms with Crippen LogP contribution < -0.4 is 14.4 Å². The number of halogens is 3. The van der Waals surface area contributed by atoms with Crippen molar-refractivity contribution in [2.24, 2.45) is 10.2 Å². The first kappa shape index (κ1) is 25.3. The van der Waals surface area contributed by atoms with Crippen molar-refractivity contribution in [3.8, 4) is 5.75 Å². The lowest BCUT2D eigenvalue weighted by atomic mass is 10.2. The molecule has 3 aromatic rings. The van der Waals surface area contributed by atoms with Gasteiger partial charge in [0.2, 0.25) is 5.82 Å². The molecule has 2 aromatic carbocycles. The van der Waals surface area contributed by atoms with E-state index in [0.717, 1.165) is 5.56 Å². The van der Waals surface area contributed by atoms with E-state index in [0.29, 0.717) is 35.5 Å². The Kier molecular flexibility index (Phi) is 7.34. The number of sulfonamides is 1. The fourth-order valence-electron chi connectivity index (χ4n) is 3.22. The lowest BCUT2D eigenvalue weighted by Gasteiger charge is -2.25. The molecule has 0 aliphatic heterocycles. The smallest absolute Gasteiger partial charge is 0.492 e. The average Bonchev–Trinajstić information content (AvgIpc) is 3.16. The molecule has 1 N–H and O–H groups in total. The molecule has 0 unspecified atom stereocenters. The maximum atomic E-state index is 13.1. The maximum Gasteiger partial charge on any atom is 0.516 e. The standard InChI is InChI=1S/C21H24F3N5O4S/c1-5-29(6-2)17-11-16(28-34(30,31)21(22,23)24)15(12-19(17)32-7-3)25-26-20-14-10-13(4)8-9-18(14)33-27-20/h8-12,28H,5-7H2,1-4H3. The summed E-state index contributed by atoms with van der Waals surface area (Å²) in [5, 5.41) is 12.4. The first-order chi connectivity index (χ1) is 16.0. The van der Waals surface area contributed by atoms with Crippen LogP contribution in [0.4, 0.5) is 36.1 Å². The monoisotopic (exact) mass is 499 g/mol. The van der Waals surface area contributed by atoms with Gasteiger partial charge in [-0.3, -0.25) is 4.72 Å². The topological polar surface area (TPSA) is 109 Å². The number of anilines is 2. The van der Waals surface area contributed by atoms with Gasteiger partial charge in [-0.1, -0.05) is 16.8 Å². The highest BCUT2D eigenvalue weighted by Crippen LogP contribution is 2.41. The number of azo groups is 1. The number of benzene rings is 2. The third-order valence-electron chi connectivity index (χ3n) is 4.89. The summed E-state index contributed by atoms with van der Waals surface area (Å²) in [6.45, 7) is 8.59. The van der Waals surface area contributed by atoms with Gasteiger partial charge in [0.05, 0.1) is 23.4 Å². The van der Waals surface area contributed by atoms with Crippen molar-refractivity contribution in [3.05, 3.63) is 35.9 Å². The Hall–Kier alpha value is -3.35. The molecular weight excluding hydrogens is 475 g/mol. The first-order valence-electron chi connectivity index (χ1n) is 10.4. The first-order valence-corrected chi connectivity index (χ1v) is 11.9. The molecule has 0 bridgehead atoms. The summed E-state index contributed by atoms with van der Waals surface area (Å²) >= 11 is 0. The molecule has 0 atom stereocenters. The molecule has 0 saturated carbocycles. The van der Waals surface area contributed by atoms with Gasteiger partial charge in [-0.25, -0.2) is 0 Å². The molecule has 0 aliphatic carbocycles. The van der Waals surface area contributed by atoms with Crippen molar-refractivity contribution in [2.45, 2.75) is 33.2 Å². The number of nitrogens with one attached hydrogen (secondary N) is 1. The summed E-state index contributed by atoms with van der Waals surface area (Å²) in [5.41, 5.74) is -4.34. The molecule has 1 heterocycles. The van der Waals surface area contributed by atoms with E-state index in [1.54, 1.807) is 23.8 Å².